The van der Waals surface area contributed by atoms with Crippen molar-refractivity contribution in [1.29, 1.82) is 0 Å². The van der Waals surface area contributed by atoms with Gasteiger partial charge in [-0.05, 0) is 36.4 Å². The predicted octanol–water partition coefficient (Wildman–Crippen LogP) is 0.330. The van der Waals surface area contributed by atoms with Crippen molar-refractivity contribution in [2.75, 3.05) is 0 Å². The lowest BCUT2D eigenvalue weighted by molar-refractivity contribution is -0.00000528. The SMILES string of the molecule is O=C=C[P+](c1ccccc1)(c1ccccc1)c1ccccc1.[Cl-]. The number of carbonyl (C=O) groups excluding carboxylic acids is 1. The number of hydrogen-bond acceptors (Lipinski definition) is 1. The van der Waals surface area contributed by atoms with E-state index in [9.17, 15) is 4.79 Å². The van der Waals surface area contributed by atoms with Gasteiger partial charge in [0.05, 0.1) is 0 Å². The molecule has 0 N–H and O–H groups in total. The molecule has 0 spiro atoms. The van der Waals surface area contributed by atoms with E-state index in [-0.39, 0.29) is 12.4 Å². The van der Waals surface area contributed by atoms with Crippen molar-refractivity contribution in [3.8, 4) is 0 Å². The average molecular weight is 339 g/mol. The van der Waals surface area contributed by atoms with Gasteiger partial charge in [-0.15, -0.1) is 0 Å². The van der Waals surface area contributed by atoms with E-state index in [4.69, 9.17) is 0 Å². The van der Waals surface area contributed by atoms with Crippen molar-refractivity contribution in [2.24, 2.45) is 0 Å². The molecule has 0 radical (unpaired) electrons. The summed E-state index contributed by atoms with van der Waals surface area (Å²) >= 11 is 0. The van der Waals surface area contributed by atoms with Crippen molar-refractivity contribution in [2.45, 2.75) is 0 Å². The first-order valence-corrected chi connectivity index (χ1v) is 9.01. The fourth-order valence-electron chi connectivity index (χ4n) is 2.74. The Bertz CT molecular complexity index is 685. The van der Waals surface area contributed by atoms with Gasteiger partial charge in [0.25, 0.3) is 0 Å². The molecule has 0 saturated heterocycles. The number of rotatable bonds is 4. The minimum atomic E-state index is -2.10. The van der Waals surface area contributed by atoms with Gasteiger partial charge in [0.1, 0.15) is 23.2 Å². The maximum atomic E-state index is 11.4. The summed E-state index contributed by atoms with van der Waals surface area (Å²) in [6.07, 6.45) is 0. The van der Waals surface area contributed by atoms with Crippen LogP contribution in [0.25, 0.3) is 0 Å². The van der Waals surface area contributed by atoms with E-state index in [1.807, 2.05) is 54.6 Å². The Morgan fingerprint density at radius 1 is 0.609 bits per heavy atom. The van der Waals surface area contributed by atoms with Gasteiger partial charge in [0, 0.05) is 0 Å². The van der Waals surface area contributed by atoms with Crippen molar-refractivity contribution >= 4 is 29.1 Å². The van der Waals surface area contributed by atoms with Crippen LogP contribution in [-0.2, 0) is 4.79 Å². The number of benzene rings is 3. The summed E-state index contributed by atoms with van der Waals surface area (Å²) in [5.41, 5.74) is 0. The van der Waals surface area contributed by atoms with E-state index in [1.54, 1.807) is 5.82 Å². The van der Waals surface area contributed by atoms with Gasteiger partial charge < -0.3 is 12.4 Å². The molecule has 0 aliphatic rings. The molecule has 0 aliphatic heterocycles. The summed E-state index contributed by atoms with van der Waals surface area (Å²) in [5.74, 6) is 3.81. The summed E-state index contributed by atoms with van der Waals surface area (Å²) in [6.45, 7) is 0. The highest BCUT2D eigenvalue weighted by molar-refractivity contribution is 7.98. The molecule has 3 rings (SSSR count). The first-order chi connectivity index (χ1) is 10.9. The fraction of sp³-hybridized carbons (Fsp3) is 0. The van der Waals surface area contributed by atoms with Crippen LogP contribution in [0.4, 0.5) is 0 Å². The van der Waals surface area contributed by atoms with Crippen LogP contribution in [0, 0.1) is 0 Å². The van der Waals surface area contributed by atoms with Gasteiger partial charge in [-0.3, -0.25) is 0 Å². The molecule has 3 aromatic carbocycles. The maximum absolute atomic E-state index is 11.4. The van der Waals surface area contributed by atoms with Crippen LogP contribution in [0.1, 0.15) is 0 Å². The average Bonchev–Trinajstić information content (AvgIpc) is 2.62. The molecule has 0 unspecified atom stereocenters. The zero-order valence-corrected chi connectivity index (χ0v) is 14.1. The molecule has 0 aromatic heterocycles. The lowest BCUT2D eigenvalue weighted by Crippen LogP contribution is -3.00. The highest BCUT2D eigenvalue weighted by Gasteiger charge is 2.43. The highest BCUT2D eigenvalue weighted by Crippen LogP contribution is 2.55. The molecule has 3 heteroatoms. The Labute approximate surface area is 143 Å². The summed E-state index contributed by atoms with van der Waals surface area (Å²) in [4.78, 5) is 11.4. The Morgan fingerprint density at radius 2 is 0.913 bits per heavy atom. The number of hydrogen-bond donors (Lipinski definition) is 0. The smallest absolute Gasteiger partial charge is 0.164 e. The maximum Gasteiger partial charge on any atom is 0.164 e. The van der Waals surface area contributed by atoms with Gasteiger partial charge in [0.15, 0.2) is 11.8 Å². The zero-order valence-electron chi connectivity index (χ0n) is 12.5. The quantitative estimate of drug-likeness (QED) is 0.495. The van der Waals surface area contributed by atoms with E-state index >= 15 is 0 Å². The van der Waals surface area contributed by atoms with Crippen LogP contribution in [-0.4, -0.2) is 5.94 Å². The Kier molecular flexibility index (Phi) is 5.90. The lowest BCUT2D eigenvalue weighted by atomic mass is 10.4. The molecule has 0 aliphatic carbocycles. The van der Waals surface area contributed by atoms with Crippen LogP contribution in [0.5, 0.6) is 0 Å². The number of halogens is 1. The van der Waals surface area contributed by atoms with Gasteiger partial charge in [-0.25, -0.2) is 4.79 Å². The monoisotopic (exact) mass is 338 g/mol. The van der Waals surface area contributed by atoms with Crippen LogP contribution in [0.15, 0.2) is 96.8 Å². The molecular weight excluding hydrogens is 323 g/mol. The lowest BCUT2D eigenvalue weighted by Gasteiger charge is -2.22. The third-order valence-electron chi connectivity index (χ3n) is 3.74. The molecule has 0 heterocycles. The van der Waals surface area contributed by atoms with Gasteiger partial charge in [-0.1, -0.05) is 54.6 Å². The summed E-state index contributed by atoms with van der Waals surface area (Å²) in [7, 11) is -2.10. The summed E-state index contributed by atoms with van der Waals surface area (Å²) in [6, 6.07) is 30.7. The molecule has 0 saturated carbocycles. The largest absolute Gasteiger partial charge is 1.00 e. The predicted molar refractivity (Wildman–Crippen MR) is 95.4 cm³/mol. The Hall–Kier alpha value is -2.17. The van der Waals surface area contributed by atoms with E-state index in [1.165, 1.54) is 0 Å². The van der Waals surface area contributed by atoms with Crippen LogP contribution >= 0.6 is 7.26 Å². The van der Waals surface area contributed by atoms with E-state index in [2.05, 4.69) is 42.3 Å². The molecule has 0 fully saturated rings. The molecular formula is C20H16ClOP. The van der Waals surface area contributed by atoms with E-state index < -0.39 is 7.26 Å². The topological polar surface area (TPSA) is 17.1 Å². The first-order valence-electron chi connectivity index (χ1n) is 7.15. The molecule has 114 valence electrons. The summed E-state index contributed by atoms with van der Waals surface area (Å²) in [5, 5.41) is 3.49. The molecule has 0 atom stereocenters. The fourth-order valence-corrected chi connectivity index (χ4v) is 6.17. The van der Waals surface area contributed by atoms with Crippen LogP contribution in [0.3, 0.4) is 0 Å². The van der Waals surface area contributed by atoms with Crippen LogP contribution in [0.2, 0.25) is 0 Å². The first kappa shape index (κ1) is 17.2. The highest BCUT2D eigenvalue weighted by atomic mass is 35.5. The standard InChI is InChI=1S/C20H16OP.ClH/c21-16-17-22(18-10-4-1-5-11-18,19-12-6-2-7-13-19)20-14-8-3-9-15-20;/h1-15,17H;1H/q+1;/p-1. The molecule has 0 bridgehead atoms. The van der Waals surface area contributed by atoms with Crippen LogP contribution < -0.4 is 28.3 Å². The molecule has 23 heavy (non-hydrogen) atoms. The molecule has 0 amide bonds. The second kappa shape index (κ2) is 7.90. The van der Waals surface area contributed by atoms with E-state index in [0.29, 0.717) is 0 Å². The van der Waals surface area contributed by atoms with Gasteiger partial charge in [0.2, 0.25) is 0 Å². The Balaban J connectivity index is 0.00000192. The minimum absolute atomic E-state index is 0. The summed E-state index contributed by atoms with van der Waals surface area (Å²) < 4.78 is 0. The Morgan fingerprint density at radius 3 is 1.17 bits per heavy atom. The second-order valence-corrected chi connectivity index (χ2v) is 8.23. The molecule has 3 aromatic rings. The zero-order chi connectivity index (χ0) is 15.3. The van der Waals surface area contributed by atoms with Gasteiger partial charge in [-0.2, -0.15) is 0 Å². The van der Waals surface area contributed by atoms with Crippen molar-refractivity contribution in [3.05, 3.63) is 96.8 Å². The van der Waals surface area contributed by atoms with Crippen molar-refractivity contribution in [1.82, 2.24) is 0 Å². The van der Waals surface area contributed by atoms with Gasteiger partial charge >= 0.3 is 0 Å². The molecule has 1 nitrogen and oxygen atoms in total. The second-order valence-electron chi connectivity index (χ2n) is 4.98. The van der Waals surface area contributed by atoms with E-state index in [0.717, 1.165) is 15.9 Å². The third kappa shape index (κ3) is 3.28. The normalized spacial score (nSPS) is 10.3. The third-order valence-corrected chi connectivity index (χ3v) is 7.57. The van der Waals surface area contributed by atoms with Crippen molar-refractivity contribution in [3.63, 3.8) is 0 Å². The van der Waals surface area contributed by atoms with Crippen molar-refractivity contribution < 1.29 is 17.2 Å². The minimum Gasteiger partial charge on any atom is -1.00 e.